The van der Waals surface area contributed by atoms with Crippen molar-refractivity contribution in [1.29, 1.82) is 0 Å². The number of hydrogen-bond donors (Lipinski definition) is 0. The molecule has 0 N–H and O–H groups in total. The van der Waals surface area contributed by atoms with E-state index in [1.807, 2.05) is 24.3 Å². The number of ketones is 1. The fourth-order valence-electron chi connectivity index (χ4n) is 1.72. The van der Waals surface area contributed by atoms with E-state index in [2.05, 4.69) is 4.98 Å². The number of carbonyl (C=O) groups is 1. The molecule has 0 aliphatic rings. The first-order chi connectivity index (χ1) is 8.72. The van der Waals surface area contributed by atoms with Gasteiger partial charge in [0.25, 0.3) is 0 Å². The standard InChI is InChI=1S/C14H12ClNO2/c1-18-14-5-3-2-4-10(14)8-13(17)11-6-7-16-9-12(11)15/h2-7,9H,8H2,1H3. The zero-order valence-corrected chi connectivity index (χ0v) is 10.6. The molecule has 0 radical (unpaired) electrons. The van der Waals surface area contributed by atoms with Gasteiger partial charge in [0.15, 0.2) is 5.78 Å². The minimum atomic E-state index is -0.0492. The van der Waals surface area contributed by atoms with Gasteiger partial charge >= 0.3 is 0 Å². The van der Waals surface area contributed by atoms with E-state index >= 15 is 0 Å². The third-order valence-electron chi connectivity index (χ3n) is 2.62. The topological polar surface area (TPSA) is 39.2 Å². The molecular formula is C14H12ClNO2. The van der Waals surface area contributed by atoms with Crippen LogP contribution in [0.3, 0.4) is 0 Å². The Kier molecular flexibility index (Phi) is 3.95. The lowest BCUT2D eigenvalue weighted by Gasteiger charge is -2.08. The maximum absolute atomic E-state index is 12.1. The van der Waals surface area contributed by atoms with Crippen LogP contribution in [0.4, 0.5) is 0 Å². The third kappa shape index (κ3) is 2.68. The Labute approximate surface area is 110 Å². The molecule has 92 valence electrons. The molecule has 1 heterocycles. The Bertz CT molecular complexity index is 569. The van der Waals surface area contributed by atoms with E-state index in [-0.39, 0.29) is 12.2 Å². The SMILES string of the molecule is COc1ccccc1CC(=O)c1ccncc1Cl. The van der Waals surface area contributed by atoms with Crippen molar-refractivity contribution in [2.24, 2.45) is 0 Å². The number of rotatable bonds is 4. The second-order valence-corrected chi connectivity index (χ2v) is 4.17. The Morgan fingerprint density at radius 2 is 2.11 bits per heavy atom. The Morgan fingerprint density at radius 1 is 1.33 bits per heavy atom. The van der Waals surface area contributed by atoms with Crippen molar-refractivity contribution in [3.05, 3.63) is 58.9 Å². The minimum Gasteiger partial charge on any atom is -0.496 e. The van der Waals surface area contributed by atoms with E-state index in [1.165, 1.54) is 6.20 Å². The molecule has 0 aliphatic heterocycles. The van der Waals surface area contributed by atoms with Gasteiger partial charge in [0.05, 0.1) is 12.1 Å². The smallest absolute Gasteiger partial charge is 0.168 e. The normalized spacial score (nSPS) is 10.1. The van der Waals surface area contributed by atoms with Gasteiger partial charge in [-0.3, -0.25) is 9.78 Å². The van der Waals surface area contributed by atoms with Crippen LogP contribution in [0, 0.1) is 0 Å². The lowest BCUT2D eigenvalue weighted by Crippen LogP contribution is -2.05. The molecule has 0 aliphatic carbocycles. The van der Waals surface area contributed by atoms with Gasteiger partial charge in [-0.15, -0.1) is 0 Å². The van der Waals surface area contributed by atoms with Crippen molar-refractivity contribution >= 4 is 17.4 Å². The summed E-state index contributed by atoms with van der Waals surface area (Å²) in [6.45, 7) is 0. The van der Waals surface area contributed by atoms with Crippen molar-refractivity contribution in [2.45, 2.75) is 6.42 Å². The molecule has 18 heavy (non-hydrogen) atoms. The summed E-state index contributed by atoms with van der Waals surface area (Å²) in [5, 5.41) is 0.373. The summed E-state index contributed by atoms with van der Waals surface area (Å²) in [6, 6.07) is 9.06. The number of carbonyl (C=O) groups excluding carboxylic acids is 1. The lowest BCUT2D eigenvalue weighted by molar-refractivity contribution is 0.0992. The molecule has 0 saturated heterocycles. The molecule has 0 amide bonds. The first-order valence-corrected chi connectivity index (χ1v) is 5.84. The fraction of sp³-hybridized carbons (Fsp3) is 0.143. The van der Waals surface area contributed by atoms with E-state index < -0.39 is 0 Å². The van der Waals surface area contributed by atoms with Gasteiger partial charge in [0.2, 0.25) is 0 Å². The third-order valence-corrected chi connectivity index (χ3v) is 2.92. The fourth-order valence-corrected chi connectivity index (χ4v) is 1.94. The van der Waals surface area contributed by atoms with Crippen LogP contribution in [0.25, 0.3) is 0 Å². The first kappa shape index (κ1) is 12.6. The van der Waals surface area contributed by atoms with Crippen molar-refractivity contribution < 1.29 is 9.53 Å². The zero-order valence-electron chi connectivity index (χ0n) is 9.89. The van der Waals surface area contributed by atoms with E-state index in [0.717, 1.165) is 5.56 Å². The number of para-hydroxylation sites is 1. The van der Waals surface area contributed by atoms with Crippen LogP contribution in [-0.4, -0.2) is 17.9 Å². The maximum atomic E-state index is 12.1. The van der Waals surface area contributed by atoms with E-state index in [0.29, 0.717) is 16.3 Å². The van der Waals surface area contributed by atoms with Gasteiger partial charge in [-0.1, -0.05) is 29.8 Å². The number of pyridine rings is 1. The molecule has 0 unspecified atom stereocenters. The number of Topliss-reactive ketones (excluding diaryl/α,β-unsaturated/α-hetero) is 1. The molecule has 0 bridgehead atoms. The van der Waals surface area contributed by atoms with Gasteiger partial charge in [-0.2, -0.15) is 0 Å². The van der Waals surface area contributed by atoms with Crippen molar-refractivity contribution in [3.8, 4) is 5.75 Å². The van der Waals surface area contributed by atoms with Gasteiger partial charge in [-0.25, -0.2) is 0 Å². The van der Waals surface area contributed by atoms with Gasteiger partial charge < -0.3 is 4.74 Å². The van der Waals surface area contributed by atoms with Crippen LogP contribution in [0.2, 0.25) is 5.02 Å². The van der Waals surface area contributed by atoms with Crippen molar-refractivity contribution in [3.63, 3.8) is 0 Å². The molecule has 3 nitrogen and oxygen atoms in total. The van der Waals surface area contributed by atoms with Crippen LogP contribution in [0.1, 0.15) is 15.9 Å². The van der Waals surface area contributed by atoms with Crippen LogP contribution >= 0.6 is 11.6 Å². The number of benzene rings is 1. The molecule has 1 aromatic carbocycles. The molecule has 0 fully saturated rings. The zero-order chi connectivity index (χ0) is 13.0. The molecule has 0 spiro atoms. The first-order valence-electron chi connectivity index (χ1n) is 5.47. The summed E-state index contributed by atoms with van der Waals surface area (Å²) >= 11 is 5.94. The second kappa shape index (κ2) is 5.65. The van der Waals surface area contributed by atoms with Crippen LogP contribution in [0.5, 0.6) is 5.75 Å². The summed E-state index contributed by atoms with van der Waals surface area (Å²) in [5.41, 5.74) is 1.33. The summed E-state index contributed by atoms with van der Waals surface area (Å²) < 4.78 is 5.21. The number of halogens is 1. The highest BCUT2D eigenvalue weighted by Gasteiger charge is 2.13. The number of methoxy groups -OCH3 is 1. The summed E-state index contributed by atoms with van der Waals surface area (Å²) in [7, 11) is 1.59. The molecular weight excluding hydrogens is 250 g/mol. The maximum Gasteiger partial charge on any atom is 0.168 e. The predicted molar refractivity (Wildman–Crippen MR) is 70.3 cm³/mol. The molecule has 2 rings (SSSR count). The molecule has 4 heteroatoms. The summed E-state index contributed by atoms with van der Waals surface area (Å²) in [6.07, 6.45) is 3.28. The summed E-state index contributed by atoms with van der Waals surface area (Å²) in [4.78, 5) is 16.0. The molecule has 0 saturated carbocycles. The average Bonchev–Trinajstić information content (AvgIpc) is 2.39. The van der Waals surface area contributed by atoms with Crippen LogP contribution in [0.15, 0.2) is 42.7 Å². The van der Waals surface area contributed by atoms with Crippen LogP contribution in [-0.2, 0) is 6.42 Å². The Hall–Kier alpha value is -1.87. The number of nitrogens with zero attached hydrogens (tertiary/aromatic N) is 1. The van der Waals surface area contributed by atoms with E-state index in [1.54, 1.807) is 19.4 Å². The Morgan fingerprint density at radius 3 is 2.83 bits per heavy atom. The summed E-state index contributed by atoms with van der Waals surface area (Å²) in [5.74, 6) is 0.655. The molecule has 0 atom stereocenters. The Balaban J connectivity index is 2.24. The van der Waals surface area contributed by atoms with Crippen molar-refractivity contribution in [1.82, 2.24) is 4.98 Å². The van der Waals surface area contributed by atoms with E-state index in [9.17, 15) is 4.79 Å². The second-order valence-electron chi connectivity index (χ2n) is 3.77. The van der Waals surface area contributed by atoms with Gasteiger partial charge in [0, 0.05) is 29.9 Å². The average molecular weight is 262 g/mol. The highest BCUT2D eigenvalue weighted by atomic mass is 35.5. The monoisotopic (exact) mass is 261 g/mol. The van der Waals surface area contributed by atoms with Crippen molar-refractivity contribution in [2.75, 3.05) is 7.11 Å². The number of aromatic nitrogens is 1. The number of hydrogen-bond acceptors (Lipinski definition) is 3. The quantitative estimate of drug-likeness (QED) is 0.794. The number of ether oxygens (including phenoxy) is 1. The van der Waals surface area contributed by atoms with Crippen LogP contribution < -0.4 is 4.74 Å². The largest absolute Gasteiger partial charge is 0.496 e. The predicted octanol–water partition coefficient (Wildman–Crippen LogP) is 3.17. The highest BCUT2D eigenvalue weighted by molar-refractivity contribution is 6.33. The van der Waals surface area contributed by atoms with Gasteiger partial charge in [-0.05, 0) is 12.1 Å². The minimum absolute atomic E-state index is 0.0492. The molecule has 2 aromatic rings. The van der Waals surface area contributed by atoms with Gasteiger partial charge in [0.1, 0.15) is 5.75 Å². The lowest BCUT2D eigenvalue weighted by atomic mass is 10.0. The molecule has 1 aromatic heterocycles. The highest BCUT2D eigenvalue weighted by Crippen LogP contribution is 2.21. The van der Waals surface area contributed by atoms with E-state index in [4.69, 9.17) is 16.3 Å².